The number of nitrogens with zero attached hydrogens (tertiary/aromatic N) is 2. The highest BCUT2D eigenvalue weighted by molar-refractivity contribution is 6.33. The summed E-state index contributed by atoms with van der Waals surface area (Å²) in [4.78, 5) is 28.7. The Balaban J connectivity index is 1.33. The molecule has 4 aromatic rings. The summed E-state index contributed by atoms with van der Waals surface area (Å²) in [6.07, 6.45) is -1.66. The van der Waals surface area contributed by atoms with Crippen molar-refractivity contribution in [1.82, 2.24) is 10.4 Å². The van der Waals surface area contributed by atoms with Crippen LogP contribution in [0.4, 0.5) is 29.3 Å². The van der Waals surface area contributed by atoms with Gasteiger partial charge in [-0.2, -0.15) is 18.3 Å². The van der Waals surface area contributed by atoms with Crippen LogP contribution in [0.3, 0.4) is 0 Å². The molecule has 0 aliphatic carbocycles. The van der Waals surface area contributed by atoms with E-state index in [-0.39, 0.29) is 16.4 Å². The summed E-state index contributed by atoms with van der Waals surface area (Å²) in [5.41, 5.74) is 3.64. The summed E-state index contributed by atoms with van der Waals surface area (Å²) in [7, 11) is 0. The van der Waals surface area contributed by atoms with E-state index in [9.17, 15) is 22.8 Å². The van der Waals surface area contributed by atoms with E-state index in [0.717, 1.165) is 29.3 Å². The average molecular weight is 568 g/mol. The van der Waals surface area contributed by atoms with Crippen molar-refractivity contribution in [1.29, 1.82) is 0 Å². The second kappa shape index (κ2) is 12.3. The maximum atomic E-state index is 12.9. The Morgan fingerprint density at radius 3 is 2.35 bits per heavy atom. The standard InChI is InChI=1S/C28H21ClF3N5O3/c1-17-2-4-18(5-3-17)16-34-37-26(38)25-15-22(12-13-33-25)40-21-9-7-20(8-10-21)35-27(39)36-24-14-19(28(30,31)32)6-11-23(24)29/h2-16H,1H3,(H,37,38)(H2,35,36,39). The fraction of sp³-hybridized carbons (Fsp3) is 0.0714. The number of hydrogen-bond acceptors (Lipinski definition) is 5. The van der Waals surface area contributed by atoms with Gasteiger partial charge >= 0.3 is 12.2 Å². The number of aryl methyl sites for hydroxylation is 1. The molecule has 0 aliphatic heterocycles. The van der Waals surface area contributed by atoms with Crippen molar-refractivity contribution >= 4 is 41.1 Å². The number of urea groups is 1. The Morgan fingerprint density at radius 2 is 1.65 bits per heavy atom. The summed E-state index contributed by atoms with van der Waals surface area (Å²) in [6.45, 7) is 1.97. The van der Waals surface area contributed by atoms with E-state index in [0.29, 0.717) is 17.2 Å². The molecular weight excluding hydrogens is 547 g/mol. The Labute approximate surface area is 231 Å². The van der Waals surface area contributed by atoms with Crippen LogP contribution < -0.4 is 20.8 Å². The largest absolute Gasteiger partial charge is 0.457 e. The number of aromatic nitrogens is 1. The molecule has 0 saturated carbocycles. The number of pyridine rings is 1. The van der Waals surface area contributed by atoms with E-state index < -0.39 is 23.7 Å². The Bertz CT molecular complexity index is 1540. The zero-order chi connectivity index (χ0) is 28.7. The highest BCUT2D eigenvalue weighted by atomic mass is 35.5. The minimum atomic E-state index is -4.58. The lowest BCUT2D eigenvalue weighted by Gasteiger charge is -2.13. The molecule has 3 N–H and O–H groups in total. The molecule has 0 atom stereocenters. The zero-order valence-corrected chi connectivity index (χ0v) is 21.5. The van der Waals surface area contributed by atoms with Gasteiger partial charge in [0.25, 0.3) is 5.91 Å². The number of nitrogens with one attached hydrogen (secondary N) is 3. The fourth-order valence-electron chi connectivity index (χ4n) is 3.30. The summed E-state index contributed by atoms with van der Waals surface area (Å²) in [5.74, 6) is 0.197. The van der Waals surface area contributed by atoms with E-state index in [1.165, 1.54) is 30.6 Å². The van der Waals surface area contributed by atoms with Crippen LogP contribution in [0.25, 0.3) is 0 Å². The molecule has 1 aromatic heterocycles. The number of hydrogen-bond donors (Lipinski definition) is 3. The number of ether oxygens (including phenoxy) is 1. The zero-order valence-electron chi connectivity index (χ0n) is 20.8. The molecule has 0 aliphatic rings. The molecule has 0 fully saturated rings. The van der Waals surface area contributed by atoms with Crippen LogP contribution in [-0.4, -0.2) is 23.1 Å². The highest BCUT2D eigenvalue weighted by Crippen LogP contribution is 2.34. The second-order valence-electron chi connectivity index (χ2n) is 8.38. The first kappa shape index (κ1) is 28.1. The highest BCUT2D eigenvalue weighted by Gasteiger charge is 2.31. The number of hydrazone groups is 1. The Kier molecular flexibility index (Phi) is 8.65. The molecule has 0 saturated heterocycles. The van der Waals surface area contributed by atoms with Crippen molar-refractivity contribution in [3.63, 3.8) is 0 Å². The molecule has 40 heavy (non-hydrogen) atoms. The average Bonchev–Trinajstić information content (AvgIpc) is 2.91. The molecule has 204 valence electrons. The summed E-state index contributed by atoms with van der Waals surface area (Å²) < 4.78 is 44.6. The number of anilines is 2. The molecule has 0 unspecified atom stereocenters. The predicted molar refractivity (Wildman–Crippen MR) is 146 cm³/mol. The first-order chi connectivity index (χ1) is 19.1. The number of alkyl halides is 3. The van der Waals surface area contributed by atoms with E-state index in [2.05, 4.69) is 26.1 Å². The van der Waals surface area contributed by atoms with Gasteiger partial charge in [-0.05, 0) is 61.0 Å². The van der Waals surface area contributed by atoms with Gasteiger partial charge < -0.3 is 15.4 Å². The maximum Gasteiger partial charge on any atom is 0.416 e. The third kappa shape index (κ3) is 7.81. The van der Waals surface area contributed by atoms with Crippen molar-refractivity contribution in [3.05, 3.63) is 112 Å². The van der Waals surface area contributed by atoms with E-state index >= 15 is 0 Å². The molecule has 1 heterocycles. The smallest absolute Gasteiger partial charge is 0.416 e. The van der Waals surface area contributed by atoms with Gasteiger partial charge in [0, 0.05) is 18.0 Å². The van der Waals surface area contributed by atoms with Crippen LogP contribution in [0.5, 0.6) is 11.5 Å². The molecule has 12 heteroatoms. The van der Waals surface area contributed by atoms with Crippen molar-refractivity contribution in [3.8, 4) is 11.5 Å². The maximum absolute atomic E-state index is 12.9. The normalized spacial score (nSPS) is 11.2. The number of carbonyl (C=O) groups excluding carboxylic acids is 2. The van der Waals surface area contributed by atoms with Crippen LogP contribution in [0, 0.1) is 6.92 Å². The number of rotatable bonds is 7. The first-order valence-electron chi connectivity index (χ1n) is 11.7. The van der Waals surface area contributed by atoms with Gasteiger partial charge in [-0.1, -0.05) is 41.4 Å². The Hall–Kier alpha value is -4.90. The lowest BCUT2D eigenvalue weighted by Crippen LogP contribution is -2.20. The topological polar surface area (TPSA) is 105 Å². The number of amides is 3. The third-order valence-electron chi connectivity index (χ3n) is 5.31. The lowest BCUT2D eigenvalue weighted by atomic mass is 10.2. The third-order valence-corrected chi connectivity index (χ3v) is 5.64. The van der Waals surface area contributed by atoms with Crippen molar-refractivity contribution in [2.75, 3.05) is 10.6 Å². The minimum absolute atomic E-state index is 0.0460. The summed E-state index contributed by atoms with van der Waals surface area (Å²) >= 11 is 5.91. The van der Waals surface area contributed by atoms with Crippen LogP contribution >= 0.6 is 11.6 Å². The predicted octanol–water partition coefficient (Wildman–Crippen LogP) is 7.26. The first-order valence-corrected chi connectivity index (χ1v) is 12.0. The van der Waals surface area contributed by atoms with Gasteiger partial charge in [-0.15, -0.1) is 0 Å². The number of halogens is 4. The van der Waals surface area contributed by atoms with Crippen LogP contribution in [0.1, 0.15) is 27.2 Å². The minimum Gasteiger partial charge on any atom is -0.457 e. The molecular formula is C28H21ClF3N5O3. The van der Waals surface area contributed by atoms with E-state index in [4.69, 9.17) is 16.3 Å². The van der Waals surface area contributed by atoms with Gasteiger partial charge in [-0.25, -0.2) is 10.2 Å². The summed E-state index contributed by atoms with van der Waals surface area (Å²) in [6, 6.07) is 18.6. The van der Waals surface area contributed by atoms with Gasteiger partial charge in [0.15, 0.2) is 0 Å². The second-order valence-corrected chi connectivity index (χ2v) is 8.79. The quantitative estimate of drug-likeness (QED) is 0.161. The molecule has 3 amide bonds. The molecule has 0 spiro atoms. The molecule has 0 radical (unpaired) electrons. The van der Waals surface area contributed by atoms with Crippen molar-refractivity contribution in [2.24, 2.45) is 5.10 Å². The summed E-state index contributed by atoms with van der Waals surface area (Å²) in [5, 5.41) is 8.70. The van der Waals surface area contributed by atoms with Crippen LogP contribution in [0.15, 0.2) is 90.2 Å². The van der Waals surface area contributed by atoms with Gasteiger partial charge in [0.2, 0.25) is 0 Å². The lowest BCUT2D eigenvalue weighted by molar-refractivity contribution is -0.137. The van der Waals surface area contributed by atoms with Crippen molar-refractivity contribution in [2.45, 2.75) is 13.1 Å². The number of carbonyl (C=O) groups is 2. The van der Waals surface area contributed by atoms with Gasteiger partial charge in [0.1, 0.15) is 17.2 Å². The number of benzene rings is 3. The van der Waals surface area contributed by atoms with Gasteiger partial charge in [0.05, 0.1) is 22.5 Å². The van der Waals surface area contributed by atoms with Crippen LogP contribution in [-0.2, 0) is 6.18 Å². The SMILES string of the molecule is Cc1ccc(C=NNC(=O)c2cc(Oc3ccc(NC(=O)Nc4cc(C(F)(F)F)ccc4Cl)cc3)ccn2)cc1. The monoisotopic (exact) mass is 567 g/mol. The van der Waals surface area contributed by atoms with Crippen LogP contribution in [0.2, 0.25) is 5.02 Å². The fourth-order valence-corrected chi connectivity index (χ4v) is 3.46. The van der Waals surface area contributed by atoms with Crippen molar-refractivity contribution < 1.29 is 27.5 Å². The molecule has 3 aromatic carbocycles. The van der Waals surface area contributed by atoms with E-state index in [1.54, 1.807) is 18.2 Å². The molecule has 0 bridgehead atoms. The Morgan fingerprint density at radius 1 is 0.925 bits per heavy atom. The molecule has 8 nitrogen and oxygen atoms in total. The molecule has 4 rings (SSSR count). The van der Waals surface area contributed by atoms with E-state index in [1.807, 2.05) is 31.2 Å². The van der Waals surface area contributed by atoms with Gasteiger partial charge in [-0.3, -0.25) is 9.78 Å².